The van der Waals surface area contributed by atoms with Crippen molar-refractivity contribution in [3.63, 3.8) is 0 Å². The van der Waals surface area contributed by atoms with Gasteiger partial charge in [-0.3, -0.25) is 4.90 Å². The summed E-state index contributed by atoms with van der Waals surface area (Å²) in [7, 11) is 0. The molecule has 1 heterocycles. The monoisotopic (exact) mass is 272 g/mol. The standard InChI is InChI=1S/C13H28N4O2/c1-12(2)11-17(4-3-13(14)15-18)6-5-16-7-9-19-10-8-16/h12,18H,3-11H2,1-2H3,(H2,14,15). The van der Waals surface area contributed by atoms with Gasteiger partial charge < -0.3 is 20.6 Å². The van der Waals surface area contributed by atoms with Gasteiger partial charge in [0.25, 0.3) is 0 Å². The first kappa shape index (κ1) is 16.2. The first-order chi connectivity index (χ1) is 9.11. The molecule has 6 nitrogen and oxygen atoms in total. The lowest BCUT2D eigenvalue weighted by Crippen LogP contribution is -2.42. The third kappa shape index (κ3) is 7.34. The van der Waals surface area contributed by atoms with Crippen LogP contribution in [-0.4, -0.2) is 73.3 Å². The highest BCUT2D eigenvalue weighted by molar-refractivity contribution is 5.79. The van der Waals surface area contributed by atoms with Crippen LogP contribution in [0.3, 0.4) is 0 Å². The molecule has 19 heavy (non-hydrogen) atoms. The second kappa shape index (κ2) is 9.12. The molecule has 0 aromatic carbocycles. The maximum absolute atomic E-state index is 8.59. The van der Waals surface area contributed by atoms with Crippen molar-refractivity contribution in [3.05, 3.63) is 0 Å². The lowest BCUT2D eigenvalue weighted by Gasteiger charge is -2.30. The van der Waals surface area contributed by atoms with E-state index in [1.54, 1.807) is 0 Å². The Kier molecular flexibility index (Phi) is 7.78. The zero-order valence-electron chi connectivity index (χ0n) is 12.2. The summed E-state index contributed by atoms with van der Waals surface area (Å²) in [6, 6.07) is 0. The summed E-state index contributed by atoms with van der Waals surface area (Å²) < 4.78 is 5.35. The zero-order valence-corrected chi connectivity index (χ0v) is 12.2. The van der Waals surface area contributed by atoms with Gasteiger partial charge in [0, 0.05) is 45.7 Å². The quantitative estimate of drug-likeness (QED) is 0.290. The van der Waals surface area contributed by atoms with Gasteiger partial charge in [-0.2, -0.15) is 0 Å². The van der Waals surface area contributed by atoms with Crippen LogP contribution in [0.15, 0.2) is 5.16 Å². The minimum atomic E-state index is 0.306. The van der Waals surface area contributed by atoms with E-state index >= 15 is 0 Å². The molecule has 0 aromatic heterocycles. The molecule has 0 saturated carbocycles. The Bertz CT molecular complexity index is 265. The number of nitrogens with two attached hydrogens (primary N) is 1. The van der Waals surface area contributed by atoms with Gasteiger partial charge in [-0.1, -0.05) is 19.0 Å². The van der Waals surface area contributed by atoms with E-state index in [-0.39, 0.29) is 0 Å². The largest absolute Gasteiger partial charge is 0.409 e. The van der Waals surface area contributed by atoms with Crippen molar-refractivity contribution >= 4 is 5.84 Å². The molecular formula is C13H28N4O2. The number of nitrogens with zero attached hydrogens (tertiary/aromatic N) is 3. The molecule has 0 amide bonds. The second-order valence-corrected chi connectivity index (χ2v) is 5.49. The summed E-state index contributed by atoms with van der Waals surface area (Å²) in [6.07, 6.45) is 0.617. The summed E-state index contributed by atoms with van der Waals surface area (Å²) in [5.41, 5.74) is 5.54. The van der Waals surface area contributed by atoms with Gasteiger partial charge in [0.2, 0.25) is 0 Å². The number of hydrogen-bond acceptors (Lipinski definition) is 5. The number of morpholine rings is 1. The van der Waals surface area contributed by atoms with E-state index in [4.69, 9.17) is 15.7 Å². The molecule has 1 aliphatic rings. The third-order valence-electron chi connectivity index (χ3n) is 3.27. The lowest BCUT2D eigenvalue weighted by molar-refractivity contribution is 0.0329. The number of ether oxygens (including phenoxy) is 1. The first-order valence-electron chi connectivity index (χ1n) is 7.10. The van der Waals surface area contributed by atoms with Crippen LogP contribution in [0, 0.1) is 5.92 Å². The minimum absolute atomic E-state index is 0.306. The fourth-order valence-electron chi connectivity index (χ4n) is 2.24. The van der Waals surface area contributed by atoms with E-state index in [2.05, 4.69) is 28.8 Å². The molecule has 1 fully saturated rings. The van der Waals surface area contributed by atoms with Crippen LogP contribution < -0.4 is 5.73 Å². The van der Waals surface area contributed by atoms with Gasteiger partial charge >= 0.3 is 0 Å². The maximum Gasteiger partial charge on any atom is 0.140 e. The van der Waals surface area contributed by atoms with Gasteiger partial charge in [0.1, 0.15) is 5.84 Å². The van der Waals surface area contributed by atoms with Gasteiger partial charge in [0.15, 0.2) is 0 Å². The van der Waals surface area contributed by atoms with Crippen molar-refractivity contribution in [2.75, 3.05) is 52.5 Å². The molecule has 1 rings (SSSR count). The van der Waals surface area contributed by atoms with Crippen LogP contribution >= 0.6 is 0 Å². The first-order valence-corrected chi connectivity index (χ1v) is 7.10. The maximum atomic E-state index is 8.59. The molecule has 0 unspecified atom stereocenters. The number of amidine groups is 1. The van der Waals surface area contributed by atoms with Crippen molar-refractivity contribution in [3.8, 4) is 0 Å². The fourth-order valence-corrected chi connectivity index (χ4v) is 2.24. The topological polar surface area (TPSA) is 74.3 Å². The van der Waals surface area contributed by atoms with E-state index in [1.807, 2.05) is 0 Å². The summed E-state index contributed by atoms with van der Waals surface area (Å²) in [5, 5.41) is 11.6. The van der Waals surface area contributed by atoms with Gasteiger partial charge in [-0.05, 0) is 5.92 Å². The van der Waals surface area contributed by atoms with Crippen LogP contribution in [0.25, 0.3) is 0 Å². The summed E-state index contributed by atoms with van der Waals surface area (Å²) in [6.45, 7) is 12.1. The van der Waals surface area contributed by atoms with Crippen LogP contribution in [-0.2, 0) is 4.74 Å². The zero-order chi connectivity index (χ0) is 14.1. The highest BCUT2D eigenvalue weighted by Crippen LogP contribution is 2.02. The van der Waals surface area contributed by atoms with Crippen molar-refractivity contribution in [1.82, 2.24) is 9.80 Å². The van der Waals surface area contributed by atoms with Gasteiger partial charge in [0.05, 0.1) is 13.2 Å². The van der Waals surface area contributed by atoms with Gasteiger partial charge in [-0.15, -0.1) is 0 Å². The van der Waals surface area contributed by atoms with E-state index in [0.717, 1.165) is 52.5 Å². The SMILES string of the molecule is CC(C)CN(CCC(N)=NO)CCN1CCOCC1. The Hall–Kier alpha value is -0.850. The highest BCUT2D eigenvalue weighted by atomic mass is 16.5. The smallest absolute Gasteiger partial charge is 0.140 e. The highest BCUT2D eigenvalue weighted by Gasteiger charge is 2.13. The normalized spacial score (nSPS) is 18.4. The molecule has 0 bridgehead atoms. The predicted molar refractivity (Wildman–Crippen MR) is 76.6 cm³/mol. The molecule has 112 valence electrons. The third-order valence-corrected chi connectivity index (χ3v) is 3.27. The molecule has 6 heteroatoms. The summed E-state index contributed by atoms with van der Waals surface area (Å²) in [4.78, 5) is 4.82. The number of hydrogen-bond donors (Lipinski definition) is 2. The minimum Gasteiger partial charge on any atom is -0.409 e. The van der Waals surface area contributed by atoms with Crippen LogP contribution in [0.5, 0.6) is 0 Å². The average Bonchev–Trinajstić information content (AvgIpc) is 2.42. The Morgan fingerprint density at radius 1 is 1.37 bits per heavy atom. The van der Waals surface area contributed by atoms with Crippen LogP contribution in [0.4, 0.5) is 0 Å². The fraction of sp³-hybridized carbons (Fsp3) is 0.923. The Balaban J connectivity index is 2.30. The van der Waals surface area contributed by atoms with Crippen LogP contribution in [0.1, 0.15) is 20.3 Å². The summed E-state index contributed by atoms with van der Waals surface area (Å²) in [5.74, 6) is 0.928. The van der Waals surface area contributed by atoms with Crippen molar-refractivity contribution in [1.29, 1.82) is 0 Å². The van der Waals surface area contributed by atoms with Crippen molar-refractivity contribution in [2.45, 2.75) is 20.3 Å². The molecule has 0 aromatic rings. The van der Waals surface area contributed by atoms with E-state index < -0.39 is 0 Å². The predicted octanol–water partition coefficient (Wildman–Crippen LogP) is 0.413. The van der Waals surface area contributed by atoms with Crippen LogP contribution in [0.2, 0.25) is 0 Å². The number of rotatable bonds is 8. The second-order valence-electron chi connectivity index (χ2n) is 5.49. The lowest BCUT2D eigenvalue weighted by atomic mass is 10.2. The molecule has 0 aliphatic carbocycles. The molecule has 1 aliphatic heterocycles. The molecular weight excluding hydrogens is 244 g/mol. The van der Waals surface area contributed by atoms with E-state index in [0.29, 0.717) is 18.2 Å². The molecule has 0 radical (unpaired) electrons. The molecule has 0 spiro atoms. The molecule has 1 saturated heterocycles. The Labute approximate surface area is 116 Å². The molecule has 0 atom stereocenters. The summed E-state index contributed by atoms with van der Waals surface area (Å²) >= 11 is 0. The Morgan fingerprint density at radius 2 is 2.05 bits per heavy atom. The van der Waals surface area contributed by atoms with Gasteiger partial charge in [-0.25, -0.2) is 0 Å². The number of oxime groups is 1. The van der Waals surface area contributed by atoms with Crippen molar-refractivity contribution < 1.29 is 9.94 Å². The average molecular weight is 272 g/mol. The molecule has 3 N–H and O–H groups in total. The Morgan fingerprint density at radius 3 is 2.63 bits per heavy atom. The van der Waals surface area contributed by atoms with E-state index in [9.17, 15) is 0 Å². The van der Waals surface area contributed by atoms with Crippen molar-refractivity contribution in [2.24, 2.45) is 16.8 Å². The van der Waals surface area contributed by atoms with E-state index in [1.165, 1.54) is 0 Å².